The Kier molecular flexibility index (Phi) is 8.22. The van der Waals surface area contributed by atoms with E-state index in [4.69, 9.17) is 17.0 Å². The lowest BCUT2D eigenvalue weighted by Gasteiger charge is -2.16. The monoisotopic (exact) mass is 540 g/mol. The molecule has 0 amide bonds. The van der Waals surface area contributed by atoms with Gasteiger partial charge in [-0.05, 0) is 66.7 Å². The van der Waals surface area contributed by atoms with Crippen LogP contribution in [0.25, 0.3) is 17.1 Å². The van der Waals surface area contributed by atoms with E-state index in [1.165, 1.54) is 35.3 Å². The highest BCUT2D eigenvalue weighted by Crippen LogP contribution is 2.24. The topological polar surface area (TPSA) is 85.6 Å². The Balaban J connectivity index is 1.31. The van der Waals surface area contributed by atoms with E-state index in [1.807, 2.05) is 55.5 Å². The van der Waals surface area contributed by atoms with Crippen molar-refractivity contribution in [2.45, 2.75) is 19.3 Å². The molecule has 1 unspecified atom stereocenters. The highest BCUT2D eigenvalue weighted by Gasteiger charge is 2.31. The van der Waals surface area contributed by atoms with E-state index in [2.05, 4.69) is 30.7 Å². The molecular weight excluding hydrogens is 517 g/mol. The predicted molar refractivity (Wildman–Crippen MR) is 141 cm³/mol. The molecule has 0 aliphatic heterocycles. The number of nitrogens with zero attached hydrogens (tertiary/aromatic N) is 4. The van der Waals surface area contributed by atoms with E-state index in [1.54, 1.807) is 13.3 Å². The first-order valence-corrected chi connectivity index (χ1v) is 11.7. The smallest absolute Gasteiger partial charge is 0.497 e. The van der Waals surface area contributed by atoms with Crippen LogP contribution in [-0.4, -0.2) is 39.6 Å². The predicted octanol–water partition coefficient (Wildman–Crippen LogP) is 5.40. The molecule has 1 atom stereocenters. The summed E-state index contributed by atoms with van der Waals surface area (Å²) in [4.78, 5) is 4.28. The number of nitrogens with one attached hydrogen (secondary N) is 2. The Morgan fingerprint density at radius 3 is 2.47 bits per heavy atom. The minimum Gasteiger partial charge on any atom is -0.497 e. The lowest BCUT2D eigenvalue weighted by Crippen LogP contribution is -2.34. The molecule has 0 saturated carbocycles. The zero-order valence-corrected chi connectivity index (χ0v) is 21.1. The van der Waals surface area contributed by atoms with Crippen molar-refractivity contribution in [1.29, 1.82) is 0 Å². The Bertz CT molecular complexity index is 1410. The fourth-order valence-corrected chi connectivity index (χ4v) is 3.66. The Hall–Kier alpha value is -4.45. The molecule has 4 aromatic rings. The van der Waals surface area contributed by atoms with Gasteiger partial charge in [-0.2, -0.15) is 5.10 Å². The number of ether oxygens (including phenoxy) is 2. The summed E-state index contributed by atoms with van der Waals surface area (Å²) >= 11 is 5.32. The maximum Gasteiger partial charge on any atom is 0.573 e. The molecule has 1 heterocycles. The van der Waals surface area contributed by atoms with Crippen molar-refractivity contribution in [3.63, 3.8) is 0 Å². The summed E-state index contributed by atoms with van der Waals surface area (Å²) in [6.07, 6.45) is -1.63. The van der Waals surface area contributed by atoms with Gasteiger partial charge in [-0.1, -0.05) is 36.4 Å². The summed E-state index contributed by atoms with van der Waals surface area (Å²) in [6, 6.07) is 20.4. The molecule has 0 aliphatic rings. The van der Waals surface area contributed by atoms with E-state index in [0.717, 1.165) is 22.4 Å². The summed E-state index contributed by atoms with van der Waals surface area (Å²) in [5.74, 6) is 0.919. The zero-order valence-electron chi connectivity index (χ0n) is 20.3. The van der Waals surface area contributed by atoms with Crippen LogP contribution >= 0.6 is 12.2 Å². The largest absolute Gasteiger partial charge is 0.573 e. The van der Waals surface area contributed by atoms with Gasteiger partial charge in [-0.25, -0.2) is 9.67 Å². The molecule has 0 radical (unpaired) electrons. The SMILES string of the molecule is COc1cccc(C(C)NC(=S)NN=Cc2ccc(-c3ncn(-c4ccc(OC(F)(F)F)cc4)n3)cc2)c1. The van der Waals surface area contributed by atoms with E-state index in [-0.39, 0.29) is 11.8 Å². The average molecular weight is 541 g/mol. The molecule has 0 saturated heterocycles. The van der Waals surface area contributed by atoms with E-state index in [9.17, 15) is 13.2 Å². The number of rotatable bonds is 8. The van der Waals surface area contributed by atoms with Gasteiger partial charge < -0.3 is 14.8 Å². The minimum absolute atomic E-state index is 0.0435. The fourth-order valence-electron chi connectivity index (χ4n) is 3.43. The Morgan fingerprint density at radius 2 is 1.79 bits per heavy atom. The fraction of sp³-hybridized carbons (Fsp3) is 0.154. The van der Waals surface area contributed by atoms with E-state index >= 15 is 0 Å². The zero-order chi connectivity index (χ0) is 27.1. The van der Waals surface area contributed by atoms with Crippen LogP contribution in [-0.2, 0) is 0 Å². The van der Waals surface area contributed by atoms with E-state index < -0.39 is 6.36 Å². The van der Waals surface area contributed by atoms with E-state index in [0.29, 0.717) is 16.6 Å². The van der Waals surface area contributed by atoms with Crippen LogP contribution in [0.2, 0.25) is 0 Å². The molecule has 0 aliphatic carbocycles. The number of hydrogen-bond acceptors (Lipinski definition) is 6. The maximum absolute atomic E-state index is 12.3. The first-order valence-electron chi connectivity index (χ1n) is 11.3. The van der Waals surface area contributed by atoms with Crippen molar-refractivity contribution in [1.82, 2.24) is 25.5 Å². The number of thiocarbonyl (C=S) groups is 1. The van der Waals surface area contributed by atoms with Gasteiger partial charge in [0.05, 0.1) is 25.1 Å². The van der Waals surface area contributed by atoms with Crippen LogP contribution in [0, 0.1) is 0 Å². The van der Waals surface area contributed by atoms with Crippen molar-refractivity contribution in [3.05, 3.63) is 90.3 Å². The Labute approximate surface area is 222 Å². The van der Waals surface area contributed by atoms with Crippen LogP contribution in [0.1, 0.15) is 24.1 Å². The second kappa shape index (κ2) is 11.7. The second-order valence-electron chi connectivity index (χ2n) is 8.02. The molecule has 12 heteroatoms. The van der Waals surface area contributed by atoms with Gasteiger partial charge in [0.15, 0.2) is 10.9 Å². The lowest BCUT2D eigenvalue weighted by molar-refractivity contribution is -0.274. The third kappa shape index (κ3) is 7.29. The highest BCUT2D eigenvalue weighted by molar-refractivity contribution is 7.80. The average Bonchev–Trinajstić information content (AvgIpc) is 3.39. The number of alkyl halides is 3. The lowest BCUT2D eigenvalue weighted by atomic mass is 10.1. The van der Waals surface area contributed by atoms with Crippen molar-refractivity contribution >= 4 is 23.5 Å². The minimum atomic E-state index is -4.74. The molecule has 8 nitrogen and oxygen atoms in total. The number of benzene rings is 3. The van der Waals surface area contributed by atoms with Gasteiger partial charge in [0.2, 0.25) is 0 Å². The maximum atomic E-state index is 12.3. The molecule has 0 bridgehead atoms. The van der Waals surface area contributed by atoms with Gasteiger partial charge in [0.1, 0.15) is 17.8 Å². The van der Waals surface area contributed by atoms with Crippen LogP contribution in [0.4, 0.5) is 13.2 Å². The third-order valence-corrected chi connectivity index (χ3v) is 5.53. The molecular formula is C26H23F3N6O2S. The van der Waals surface area contributed by atoms with Crippen molar-refractivity contribution in [2.24, 2.45) is 5.10 Å². The van der Waals surface area contributed by atoms with Crippen LogP contribution in [0.15, 0.2) is 84.2 Å². The van der Waals surface area contributed by atoms with Gasteiger partial charge in [0.25, 0.3) is 0 Å². The second-order valence-corrected chi connectivity index (χ2v) is 8.43. The molecule has 4 rings (SSSR count). The van der Waals surface area contributed by atoms with Gasteiger partial charge in [0, 0.05) is 5.56 Å². The normalized spacial score (nSPS) is 12.2. The molecule has 2 N–H and O–H groups in total. The summed E-state index contributed by atoms with van der Waals surface area (Å²) in [7, 11) is 1.62. The number of methoxy groups -OCH3 is 1. The summed E-state index contributed by atoms with van der Waals surface area (Å²) in [5, 5.41) is 12.1. The molecule has 0 fully saturated rings. The van der Waals surface area contributed by atoms with Crippen LogP contribution in [0.5, 0.6) is 11.5 Å². The summed E-state index contributed by atoms with van der Waals surface area (Å²) in [5.41, 5.74) is 5.95. The molecule has 1 aromatic heterocycles. The number of aromatic nitrogens is 3. The van der Waals surface area contributed by atoms with Crippen molar-refractivity contribution < 1.29 is 22.6 Å². The Morgan fingerprint density at radius 1 is 1.05 bits per heavy atom. The molecule has 38 heavy (non-hydrogen) atoms. The first-order chi connectivity index (χ1) is 18.2. The third-order valence-electron chi connectivity index (χ3n) is 5.32. The standard InChI is InChI=1S/C26H23F3N6O2S/c1-17(20-4-3-5-23(14-20)36-2)32-25(38)33-31-15-18-6-8-19(9-7-18)24-30-16-35(34-24)21-10-12-22(13-11-21)37-26(27,28)29/h3-17H,1-2H3,(H2,32,33,38). The van der Waals surface area contributed by atoms with Gasteiger partial charge in [-0.3, -0.25) is 5.43 Å². The van der Waals surface area contributed by atoms with Gasteiger partial charge in [-0.15, -0.1) is 18.3 Å². The number of halogens is 3. The highest BCUT2D eigenvalue weighted by atomic mass is 32.1. The quantitative estimate of drug-likeness (QED) is 0.176. The van der Waals surface area contributed by atoms with Crippen molar-refractivity contribution in [3.8, 4) is 28.6 Å². The molecule has 3 aromatic carbocycles. The summed E-state index contributed by atoms with van der Waals surface area (Å²) < 4.78 is 47.6. The first kappa shape index (κ1) is 26.6. The molecule has 196 valence electrons. The number of hydrazone groups is 1. The number of hydrogen-bond donors (Lipinski definition) is 2. The molecule has 0 spiro atoms. The van der Waals surface area contributed by atoms with Gasteiger partial charge >= 0.3 is 6.36 Å². The summed E-state index contributed by atoms with van der Waals surface area (Å²) in [6.45, 7) is 1.98. The van der Waals surface area contributed by atoms with Crippen LogP contribution < -0.4 is 20.2 Å². The van der Waals surface area contributed by atoms with Crippen LogP contribution in [0.3, 0.4) is 0 Å². The van der Waals surface area contributed by atoms with Crippen molar-refractivity contribution in [2.75, 3.05) is 7.11 Å².